The number of hydrogen-bond donors (Lipinski definition) is 0. The molecule has 0 aliphatic heterocycles. The van der Waals surface area contributed by atoms with Gasteiger partial charge in [-0.15, -0.1) is 0 Å². The zero-order valence-corrected chi connectivity index (χ0v) is 9.60. The zero-order valence-electron chi connectivity index (χ0n) is 7.26. The van der Waals surface area contributed by atoms with Gasteiger partial charge in [0.1, 0.15) is 0 Å². The van der Waals surface area contributed by atoms with E-state index in [0.29, 0.717) is 6.42 Å². The largest absolute Gasteiger partial charge is 0.281 e. The topological polar surface area (TPSA) is 17.1 Å². The van der Waals surface area contributed by atoms with Crippen molar-refractivity contribution in [3.05, 3.63) is 34.3 Å². The van der Waals surface area contributed by atoms with Crippen molar-refractivity contribution in [3.8, 4) is 0 Å². The molecule has 0 saturated carbocycles. The van der Waals surface area contributed by atoms with Crippen molar-refractivity contribution in [2.75, 3.05) is 0 Å². The Bertz CT molecular complexity index is 312. The minimum atomic E-state index is -0.278. The molecule has 0 saturated heterocycles. The lowest BCUT2D eigenvalue weighted by atomic mass is 10.0. The van der Waals surface area contributed by atoms with Crippen LogP contribution < -0.4 is 0 Å². The van der Waals surface area contributed by atoms with Gasteiger partial charge < -0.3 is 0 Å². The van der Waals surface area contributed by atoms with Crippen molar-refractivity contribution in [1.82, 2.24) is 0 Å². The van der Waals surface area contributed by atoms with Crippen molar-refractivity contribution >= 4 is 32.8 Å². The first-order valence-corrected chi connectivity index (χ1v) is 5.20. The molecule has 3 heteroatoms. The van der Waals surface area contributed by atoms with Crippen LogP contribution >= 0.6 is 27.5 Å². The van der Waals surface area contributed by atoms with Gasteiger partial charge in [-0.1, -0.05) is 35.0 Å². The van der Waals surface area contributed by atoms with E-state index < -0.39 is 0 Å². The molecule has 0 bridgehead atoms. The molecule has 1 unspecified atom stereocenters. The third-order valence-electron chi connectivity index (χ3n) is 1.82. The van der Waals surface area contributed by atoms with Gasteiger partial charge >= 0.3 is 0 Å². The smallest absolute Gasteiger partial charge is 0.224 e. The van der Waals surface area contributed by atoms with Crippen LogP contribution in [0, 0.1) is 5.92 Å². The third-order valence-corrected chi connectivity index (χ3v) is 2.68. The van der Waals surface area contributed by atoms with Gasteiger partial charge in [0, 0.05) is 10.4 Å². The molecule has 70 valence electrons. The molecule has 1 atom stereocenters. The van der Waals surface area contributed by atoms with Crippen LogP contribution in [0.1, 0.15) is 12.5 Å². The van der Waals surface area contributed by atoms with Gasteiger partial charge in [-0.25, -0.2) is 0 Å². The predicted molar refractivity (Wildman–Crippen MR) is 57.9 cm³/mol. The maximum absolute atomic E-state index is 10.8. The molecule has 0 N–H and O–H groups in total. The zero-order chi connectivity index (χ0) is 9.84. The number of carbonyl (C=O) groups is 1. The summed E-state index contributed by atoms with van der Waals surface area (Å²) in [5.41, 5.74) is 1.12. The molecule has 13 heavy (non-hydrogen) atoms. The lowest BCUT2D eigenvalue weighted by Crippen LogP contribution is -2.07. The monoisotopic (exact) mass is 260 g/mol. The lowest BCUT2D eigenvalue weighted by molar-refractivity contribution is -0.114. The fraction of sp³-hybridized carbons (Fsp3) is 0.300. The number of hydrogen-bond acceptors (Lipinski definition) is 1. The van der Waals surface area contributed by atoms with Crippen molar-refractivity contribution in [3.63, 3.8) is 0 Å². The summed E-state index contributed by atoms with van der Waals surface area (Å²) in [6.45, 7) is 1.83. The Morgan fingerprint density at radius 3 is 2.85 bits per heavy atom. The van der Waals surface area contributed by atoms with E-state index in [0.717, 1.165) is 10.0 Å². The fourth-order valence-corrected chi connectivity index (χ4v) is 1.62. The van der Waals surface area contributed by atoms with Gasteiger partial charge in [0.25, 0.3) is 0 Å². The van der Waals surface area contributed by atoms with Crippen LogP contribution in [0.5, 0.6) is 0 Å². The second kappa shape index (κ2) is 4.77. The molecule has 1 nitrogen and oxygen atoms in total. The summed E-state index contributed by atoms with van der Waals surface area (Å²) in [7, 11) is 0. The van der Waals surface area contributed by atoms with Gasteiger partial charge in [0.15, 0.2) is 0 Å². The van der Waals surface area contributed by atoms with E-state index in [9.17, 15) is 4.79 Å². The Morgan fingerprint density at radius 2 is 2.31 bits per heavy atom. The van der Waals surface area contributed by atoms with Crippen molar-refractivity contribution in [2.24, 2.45) is 5.92 Å². The maximum atomic E-state index is 10.8. The van der Waals surface area contributed by atoms with Crippen LogP contribution in [-0.4, -0.2) is 5.24 Å². The molecule has 0 fully saturated rings. The van der Waals surface area contributed by atoms with Gasteiger partial charge in [-0.2, -0.15) is 0 Å². The van der Waals surface area contributed by atoms with Crippen molar-refractivity contribution in [2.45, 2.75) is 13.3 Å². The Morgan fingerprint density at radius 1 is 1.62 bits per heavy atom. The predicted octanol–water partition coefficient (Wildman–Crippen LogP) is 3.39. The minimum Gasteiger partial charge on any atom is -0.281 e. The summed E-state index contributed by atoms with van der Waals surface area (Å²) in [5.74, 6) is -0.115. The summed E-state index contributed by atoms with van der Waals surface area (Å²) in [6.07, 6.45) is 0.696. The van der Waals surface area contributed by atoms with Gasteiger partial charge in [0.05, 0.1) is 0 Å². The van der Waals surface area contributed by atoms with Crippen LogP contribution in [-0.2, 0) is 11.2 Å². The molecule has 0 amide bonds. The first-order chi connectivity index (χ1) is 6.09. The molecular formula is C10H10BrClO. The van der Waals surface area contributed by atoms with Gasteiger partial charge in [0.2, 0.25) is 5.24 Å². The SMILES string of the molecule is CC(Cc1cccc(Br)c1)C(=O)Cl. The van der Waals surface area contributed by atoms with E-state index in [-0.39, 0.29) is 11.2 Å². The van der Waals surface area contributed by atoms with Gasteiger partial charge in [-0.3, -0.25) is 4.79 Å². The van der Waals surface area contributed by atoms with E-state index in [1.54, 1.807) is 0 Å². The normalized spacial score (nSPS) is 12.5. The molecule has 0 aliphatic rings. The standard InChI is InChI=1S/C10H10BrClO/c1-7(10(12)13)5-8-3-2-4-9(11)6-8/h2-4,6-7H,5H2,1H3. The number of rotatable bonds is 3. The molecule has 1 rings (SSSR count). The minimum absolute atomic E-state index is 0.115. The van der Waals surface area contributed by atoms with E-state index in [4.69, 9.17) is 11.6 Å². The van der Waals surface area contributed by atoms with E-state index in [2.05, 4.69) is 15.9 Å². The van der Waals surface area contributed by atoms with Gasteiger partial charge in [-0.05, 0) is 35.7 Å². The summed E-state index contributed by atoms with van der Waals surface area (Å²) < 4.78 is 1.03. The lowest BCUT2D eigenvalue weighted by Gasteiger charge is -2.05. The van der Waals surface area contributed by atoms with E-state index in [1.807, 2.05) is 31.2 Å². The summed E-state index contributed by atoms with van der Waals surface area (Å²) >= 11 is 8.74. The molecule has 0 aromatic heterocycles. The first-order valence-electron chi connectivity index (χ1n) is 4.03. The Kier molecular flexibility index (Phi) is 3.94. The number of halogens is 2. The summed E-state index contributed by atoms with van der Waals surface area (Å²) in [4.78, 5) is 10.8. The Hall–Kier alpha value is -0.340. The highest BCUT2D eigenvalue weighted by Gasteiger charge is 2.10. The van der Waals surface area contributed by atoms with Crippen LogP contribution in [0.15, 0.2) is 28.7 Å². The third kappa shape index (κ3) is 3.49. The second-order valence-electron chi connectivity index (χ2n) is 3.04. The number of carbonyl (C=O) groups excluding carboxylic acids is 1. The van der Waals surface area contributed by atoms with E-state index in [1.165, 1.54) is 0 Å². The molecular weight excluding hydrogens is 251 g/mol. The molecule has 0 heterocycles. The Balaban J connectivity index is 2.69. The first kappa shape index (κ1) is 10.7. The highest BCUT2D eigenvalue weighted by Crippen LogP contribution is 2.16. The molecule has 1 aromatic carbocycles. The fourth-order valence-electron chi connectivity index (χ4n) is 1.10. The van der Waals surface area contributed by atoms with Crippen molar-refractivity contribution in [1.29, 1.82) is 0 Å². The Labute approximate surface area is 91.2 Å². The highest BCUT2D eigenvalue weighted by molar-refractivity contribution is 9.10. The van der Waals surface area contributed by atoms with Crippen LogP contribution in [0.25, 0.3) is 0 Å². The molecule has 1 aromatic rings. The number of benzene rings is 1. The average Bonchev–Trinajstić information content (AvgIpc) is 2.04. The van der Waals surface area contributed by atoms with E-state index >= 15 is 0 Å². The second-order valence-corrected chi connectivity index (χ2v) is 4.33. The molecule has 0 aliphatic carbocycles. The van der Waals surface area contributed by atoms with Crippen LogP contribution in [0.2, 0.25) is 0 Å². The van der Waals surface area contributed by atoms with Crippen molar-refractivity contribution < 1.29 is 4.79 Å². The maximum Gasteiger partial charge on any atom is 0.224 e. The summed E-state index contributed by atoms with van der Waals surface area (Å²) in [5, 5.41) is -0.278. The molecule has 0 radical (unpaired) electrons. The summed E-state index contributed by atoms with van der Waals surface area (Å²) in [6, 6.07) is 7.89. The quantitative estimate of drug-likeness (QED) is 0.762. The highest BCUT2D eigenvalue weighted by atomic mass is 79.9. The van der Waals surface area contributed by atoms with Crippen LogP contribution in [0.3, 0.4) is 0 Å². The van der Waals surface area contributed by atoms with Crippen LogP contribution in [0.4, 0.5) is 0 Å². The molecule has 0 spiro atoms. The average molecular weight is 262 g/mol.